The van der Waals surface area contributed by atoms with Crippen molar-refractivity contribution in [2.75, 3.05) is 32.0 Å². The molecule has 0 unspecified atom stereocenters. The molecule has 0 spiro atoms. The summed E-state index contributed by atoms with van der Waals surface area (Å²) in [7, 11) is -0.115. The van der Waals surface area contributed by atoms with Crippen molar-refractivity contribution in [2.45, 2.75) is 24.7 Å². The number of ether oxygens (including phenoxy) is 1. The van der Waals surface area contributed by atoms with E-state index in [1.54, 1.807) is 24.3 Å². The number of benzene rings is 1. The molecule has 0 saturated heterocycles. The van der Waals surface area contributed by atoms with E-state index >= 15 is 0 Å². The quantitative estimate of drug-likeness (QED) is 0.904. The maximum absolute atomic E-state index is 12.7. The largest absolute Gasteiger partial charge is 0.479 e. The summed E-state index contributed by atoms with van der Waals surface area (Å²) in [6, 6.07) is 8.59. The maximum Gasteiger partial charge on any atom is 0.262 e. The lowest BCUT2D eigenvalue weighted by Crippen LogP contribution is -2.20. The molecule has 134 valence electrons. The molecule has 0 bridgehead atoms. The third-order valence-corrected chi connectivity index (χ3v) is 5.80. The maximum atomic E-state index is 12.7. The first kappa shape index (κ1) is 17.7. The van der Waals surface area contributed by atoms with E-state index in [2.05, 4.69) is 21.7 Å². The molecule has 1 aromatic carbocycles. The Morgan fingerprint density at radius 2 is 1.84 bits per heavy atom. The number of aryl methyl sites for hydroxylation is 1. The lowest BCUT2D eigenvalue weighted by Gasteiger charge is -2.14. The highest BCUT2D eigenvalue weighted by molar-refractivity contribution is 7.92. The van der Waals surface area contributed by atoms with Crippen LogP contribution in [0.25, 0.3) is 0 Å². The van der Waals surface area contributed by atoms with Crippen molar-refractivity contribution in [1.82, 2.24) is 9.88 Å². The number of sulfonamides is 1. The fraction of sp³-hybridized carbons (Fsp3) is 0.389. The van der Waals surface area contributed by atoms with Crippen molar-refractivity contribution >= 4 is 15.7 Å². The second-order valence-electron chi connectivity index (χ2n) is 6.37. The summed E-state index contributed by atoms with van der Waals surface area (Å²) < 4.78 is 33.3. The third-order valence-electron chi connectivity index (χ3n) is 4.42. The van der Waals surface area contributed by atoms with E-state index in [4.69, 9.17) is 4.74 Å². The van der Waals surface area contributed by atoms with Gasteiger partial charge in [0.2, 0.25) is 5.88 Å². The summed E-state index contributed by atoms with van der Waals surface area (Å²) in [5, 5.41) is 0. The predicted molar refractivity (Wildman–Crippen MR) is 97.7 cm³/mol. The number of rotatable bonds is 4. The van der Waals surface area contributed by atoms with Crippen LogP contribution < -0.4 is 9.46 Å². The van der Waals surface area contributed by atoms with Crippen LogP contribution in [0.5, 0.6) is 5.88 Å². The summed E-state index contributed by atoms with van der Waals surface area (Å²) in [4.78, 5) is 7.00. The van der Waals surface area contributed by atoms with Gasteiger partial charge in [0.05, 0.1) is 12.0 Å². The Bertz CT molecular complexity index is 864. The van der Waals surface area contributed by atoms with Gasteiger partial charge in [0.1, 0.15) is 5.69 Å². The van der Waals surface area contributed by atoms with Crippen LogP contribution in [0.3, 0.4) is 0 Å². The summed E-state index contributed by atoms with van der Waals surface area (Å²) in [5.41, 5.74) is 3.42. The fourth-order valence-electron chi connectivity index (χ4n) is 2.88. The molecule has 1 N–H and O–H groups in total. The zero-order valence-electron chi connectivity index (χ0n) is 14.7. The average Bonchev–Trinajstić information content (AvgIpc) is 2.76. The van der Waals surface area contributed by atoms with Gasteiger partial charge in [-0.05, 0) is 44.2 Å². The van der Waals surface area contributed by atoms with Crippen molar-refractivity contribution in [3.05, 3.63) is 47.2 Å². The Kier molecular flexibility index (Phi) is 4.96. The standard InChI is InChI=1S/C18H23N3O3S/c1-13-4-6-15(7-5-13)25(22,23)20-17-12-14-8-10-21(2)11-9-16(14)19-18(17)24-3/h4-7,12,20H,8-11H2,1-3H3. The Morgan fingerprint density at radius 3 is 2.52 bits per heavy atom. The highest BCUT2D eigenvalue weighted by Gasteiger charge is 2.21. The zero-order valence-corrected chi connectivity index (χ0v) is 15.6. The molecule has 1 aromatic heterocycles. The van der Waals surface area contributed by atoms with Crippen LogP contribution >= 0.6 is 0 Å². The molecule has 0 atom stereocenters. The van der Waals surface area contributed by atoms with Gasteiger partial charge in [-0.25, -0.2) is 13.4 Å². The monoisotopic (exact) mass is 361 g/mol. The average molecular weight is 361 g/mol. The highest BCUT2D eigenvalue weighted by Crippen LogP contribution is 2.29. The Labute approximate surface area is 148 Å². The van der Waals surface area contributed by atoms with Gasteiger partial charge in [-0.1, -0.05) is 17.7 Å². The second-order valence-corrected chi connectivity index (χ2v) is 8.06. The SMILES string of the molecule is COc1nc2c(cc1NS(=O)(=O)c1ccc(C)cc1)CCN(C)CC2. The molecule has 25 heavy (non-hydrogen) atoms. The normalized spacial score (nSPS) is 15.3. The van der Waals surface area contributed by atoms with Crippen LogP contribution in [0.2, 0.25) is 0 Å². The Morgan fingerprint density at radius 1 is 1.16 bits per heavy atom. The number of methoxy groups -OCH3 is 1. The van der Waals surface area contributed by atoms with Gasteiger partial charge in [0.15, 0.2) is 0 Å². The summed E-state index contributed by atoms with van der Waals surface area (Å²) in [6.07, 6.45) is 1.66. The van der Waals surface area contributed by atoms with E-state index in [1.807, 2.05) is 13.0 Å². The first-order valence-electron chi connectivity index (χ1n) is 8.24. The number of aromatic nitrogens is 1. The second kappa shape index (κ2) is 7.01. The van der Waals surface area contributed by atoms with Crippen LogP contribution in [0, 0.1) is 6.92 Å². The summed E-state index contributed by atoms with van der Waals surface area (Å²) >= 11 is 0. The molecule has 0 radical (unpaired) electrons. The van der Waals surface area contributed by atoms with Crippen LogP contribution in [-0.4, -0.2) is 45.5 Å². The molecular weight excluding hydrogens is 338 g/mol. The predicted octanol–water partition coefficient (Wildman–Crippen LogP) is 2.23. The van der Waals surface area contributed by atoms with Crippen LogP contribution in [0.1, 0.15) is 16.8 Å². The van der Waals surface area contributed by atoms with Crippen molar-refractivity contribution in [3.63, 3.8) is 0 Å². The minimum atomic E-state index is -3.69. The molecule has 6 nitrogen and oxygen atoms in total. The molecule has 0 aliphatic carbocycles. The number of likely N-dealkylation sites (N-methyl/N-ethyl adjacent to an activating group) is 1. The van der Waals surface area contributed by atoms with Crippen LogP contribution in [0.15, 0.2) is 35.2 Å². The van der Waals surface area contributed by atoms with Crippen molar-refractivity contribution in [2.24, 2.45) is 0 Å². The molecule has 0 amide bonds. The number of pyridine rings is 1. The van der Waals surface area contributed by atoms with Crippen molar-refractivity contribution < 1.29 is 13.2 Å². The number of nitrogens with zero attached hydrogens (tertiary/aromatic N) is 2. The number of anilines is 1. The number of hydrogen-bond donors (Lipinski definition) is 1. The molecular formula is C18H23N3O3S. The number of hydrogen-bond acceptors (Lipinski definition) is 5. The first-order chi connectivity index (χ1) is 11.9. The molecule has 0 saturated carbocycles. The van der Waals surface area contributed by atoms with Gasteiger partial charge in [-0.3, -0.25) is 4.72 Å². The van der Waals surface area contributed by atoms with E-state index in [9.17, 15) is 8.42 Å². The molecule has 1 aliphatic heterocycles. The van der Waals surface area contributed by atoms with Crippen molar-refractivity contribution in [1.29, 1.82) is 0 Å². The first-order valence-corrected chi connectivity index (χ1v) is 9.72. The van der Waals surface area contributed by atoms with Gasteiger partial charge in [0, 0.05) is 25.2 Å². The van der Waals surface area contributed by atoms with Gasteiger partial charge in [-0.2, -0.15) is 0 Å². The minimum absolute atomic E-state index is 0.217. The lowest BCUT2D eigenvalue weighted by molar-refractivity contribution is 0.351. The number of nitrogens with one attached hydrogen (secondary N) is 1. The molecule has 0 fully saturated rings. The van der Waals surface area contributed by atoms with Crippen LogP contribution in [-0.2, 0) is 22.9 Å². The van der Waals surface area contributed by atoms with Gasteiger partial charge in [-0.15, -0.1) is 0 Å². The lowest BCUT2D eigenvalue weighted by atomic mass is 10.1. The molecule has 2 heterocycles. The van der Waals surface area contributed by atoms with Crippen molar-refractivity contribution in [3.8, 4) is 5.88 Å². The highest BCUT2D eigenvalue weighted by atomic mass is 32.2. The molecule has 3 rings (SSSR count). The van der Waals surface area contributed by atoms with E-state index in [0.717, 1.165) is 42.8 Å². The summed E-state index contributed by atoms with van der Waals surface area (Å²) in [5.74, 6) is 0.305. The minimum Gasteiger partial charge on any atom is -0.479 e. The molecule has 7 heteroatoms. The topological polar surface area (TPSA) is 71.5 Å². The Hall–Kier alpha value is -2.12. The fourth-order valence-corrected chi connectivity index (χ4v) is 3.92. The zero-order chi connectivity index (χ0) is 18.0. The van der Waals surface area contributed by atoms with E-state index in [-0.39, 0.29) is 4.90 Å². The van der Waals surface area contributed by atoms with Crippen LogP contribution in [0.4, 0.5) is 5.69 Å². The number of fused-ring (bicyclic) bond motifs is 1. The van der Waals surface area contributed by atoms with Gasteiger partial charge in [0.25, 0.3) is 10.0 Å². The smallest absolute Gasteiger partial charge is 0.262 e. The molecule has 2 aromatic rings. The van der Waals surface area contributed by atoms with E-state index in [1.165, 1.54) is 7.11 Å². The molecule has 1 aliphatic rings. The van der Waals surface area contributed by atoms with E-state index < -0.39 is 10.0 Å². The van der Waals surface area contributed by atoms with E-state index in [0.29, 0.717) is 11.6 Å². The van der Waals surface area contributed by atoms with Gasteiger partial charge < -0.3 is 9.64 Å². The summed E-state index contributed by atoms with van der Waals surface area (Å²) in [6.45, 7) is 3.77. The van der Waals surface area contributed by atoms with Gasteiger partial charge >= 0.3 is 0 Å². The third kappa shape index (κ3) is 3.93. The Balaban J connectivity index is 1.95.